The molecule has 4 nitrogen and oxygen atoms in total. The van der Waals surface area contributed by atoms with E-state index in [-0.39, 0.29) is 12.0 Å². The highest BCUT2D eigenvalue weighted by atomic mass is 32.2. The molecule has 1 saturated heterocycles. The van der Waals surface area contributed by atoms with E-state index in [1.165, 1.54) is 5.56 Å². The van der Waals surface area contributed by atoms with Crippen LogP contribution in [-0.2, 0) is 22.1 Å². The van der Waals surface area contributed by atoms with Crippen molar-refractivity contribution in [3.8, 4) is 0 Å². The van der Waals surface area contributed by atoms with Crippen LogP contribution in [0.4, 0.5) is 0 Å². The first-order chi connectivity index (χ1) is 9.04. The third kappa shape index (κ3) is 3.63. The molecule has 106 valence electrons. The Morgan fingerprint density at radius 3 is 2.42 bits per heavy atom. The van der Waals surface area contributed by atoms with Gasteiger partial charge in [-0.15, -0.1) is 0 Å². The van der Waals surface area contributed by atoms with E-state index in [2.05, 4.69) is 4.90 Å². The van der Waals surface area contributed by atoms with Gasteiger partial charge in [-0.2, -0.15) is 0 Å². The summed E-state index contributed by atoms with van der Waals surface area (Å²) in [5.41, 5.74) is 1.10. The Morgan fingerprint density at radius 2 is 2.00 bits per heavy atom. The Balaban J connectivity index is 1.91. The van der Waals surface area contributed by atoms with Crippen LogP contribution in [0.5, 0.6) is 0 Å². The van der Waals surface area contributed by atoms with Gasteiger partial charge in [0, 0.05) is 35.0 Å². The van der Waals surface area contributed by atoms with E-state index in [4.69, 9.17) is 4.74 Å². The zero-order valence-corrected chi connectivity index (χ0v) is 12.3. The quantitative estimate of drug-likeness (QED) is 0.841. The SMILES string of the molecule is CN(Cc1ccc(S(C)=O)cc1)CC1(CO)COC1. The van der Waals surface area contributed by atoms with Gasteiger partial charge in [-0.3, -0.25) is 4.21 Å². The molecule has 0 aliphatic carbocycles. The van der Waals surface area contributed by atoms with E-state index in [9.17, 15) is 9.32 Å². The zero-order valence-electron chi connectivity index (χ0n) is 11.5. The Hall–Kier alpha value is -0.750. The highest BCUT2D eigenvalue weighted by Crippen LogP contribution is 2.28. The lowest BCUT2D eigenvalue weighted by Crippen LogP contribution is -2.52. The summed E-state index contributed by atoms with van der Waals surface area (Å²) in [6, 6.07) is 7.84. The molecule has 0 amide bonds. The number of ether oxygens (including phenoxy) is 1. The fraction of sp³-hybridized carbons (Fsp3) is 0.571. The first-order valence-corrected chi connectivity index (χ1v) is 7.90. The van der Waals surface area contributed by atoms with Gasteiger partial charge >= 0.3 is 0 Å². The Labute approximate surface area is 116 Å². The van der Waals surface area contributed by atoms with Crippen LogP contribution in [0.3, 0.4) is 0 Å². The molecule has 1 aliphatic rings. The lowest BCUT2D eigenvalue weighted by molar-refractivity contribution is -0.147. The Bertz CT molecular complexity index is 437. The second-order valence-electron chi connectivity index (χ2n) is 5.42. The molecule has 1 heterocycles. The minimum atomic E-state index is -0.923. The number of aliphatic hydroxyl groups is 1. The maximum absolute atomic E-state index is 11.3. The average molecular weight is 283 g/mol. The van der Waals surface area contributed by atoms with Crippen molar-refractivity contribution >= 4 is 10.8 Å². The van der Waals surface area contributed by atoms with Crippen molar-refractivity contribution in [3.63, 3.8) is 0 Å². The number of hydrogen-bond donors (Lipinski definition) is 1. The van der Waals surface area contributed by atoms with Crippen molar-refractivity contribution in [2.45, 2.75) is 11.4 Å². The van der Waals surface area contributed by atoms with Crippen LogP contribution in [0.2, 0.25) is 0 Å². The standard InChI is InChI=1S/C14H21NO3S/c1-15(8-14(9-16)10-18-11-14)7-12-3-5-13(6-4-12)19(2)17/h3-6,16H,7-11H2,1-2H3. The topological polar surface area (TPSA) is 49.8 Å². The van der Waals surface area contributed by atoms with Crippen LogP contribution >= 0.6 is 0 Å². The molecular formula is C14H21NO3S. The summed E-state index contributed by atoms with van der Waals surface area (Å²) in [5, 5.41) is 9.41. The fourth-order valence-corrected chi connectivity index (χ4v) is 2.87. The average Bonchev–Trinajstić information content (AvgIpc) is 2.34. The highest BCUT2D eigenvalue weighted by Gasteiger charge is 2.38. The summed E-state index contributed by atoms with van der Waals surface area (Å²) < 4.78 is 16.5. The van der Waals surface area contributed by atoms with E-state index in [1.54, 1.807) is 6.26 Å². The van der Waals surface area contributed by atoms with Crippen molar-refractivity contribution in [2.75, 3.05) is 39.7 Å². The second-order valence-corrected chi connectivity index (χ2v) is 6.80. The number of aliphatic hydroxyl groups excluding tert-OH is 1. The third-order valence-electron chi connectivity index (χ3n) is 3.47. The maximum atomic E-state index is 11.3. The second kappa shape index (κ2) is 6.13. The van der Waals surface area contributed by atoms with Crippen molar-refractivity contribution in [3.05, 3.63) is 29.8 Å². The number of rotatable bonds is 6. The molecule has 1 unspecified atom stereocenters. The highest BCUT2D eigenvalue weighted by molar-refractivity contribution is 7.84. The van der Waals surface area contributed by atoms with Gasteiger partial charge in [0.05, 0.1) is 25.2 Å². The van der Waals surface area contributed by atoms with Crippen LogP contribution in [0.1, 0.15) is 5.56 Å². The van der Waals surface area contributed by atoms with Crippen molar-refractivity contribution in [1.82, 2.24) is 4.90 Å². The Morgan fingerprint density at radius 1 is 1.37 bits per heavy atom. The Kier molecular flexibility index (Phi) is 4.73. The fourth-order valence-electron chi connectivity index (χ4n) is 2.35. The van der Waals surface area contributed by atoms with Gasteiger partial charge in [-0.1, -0.05) is 12.1 Å². The lowest BCUT2D eigenvalue weighted by atomic mass is 9.86. The molecule has 1 fully saturated rings. The van der Waals surface area contributed by atoms with Crippen molar-refractivity contribution in [1.29, 1.82) is 0 Å². The summed E-state index contributed by atoms with van der Waals surface area (Å²) in [6.07, 6.45) is 1.68. The van der Waals surface area contributed by atoms with Gasteiger partial charge in [-0.25, -0.2) is 0 Å². The van der Waals surface area contributed by atoms with Gasteiger partial charge < -0.3 is 14.7 Å². The van der Waals surface area contributed by atoms with Crippen molar-refractivity contribution in [2.24, 2.45) is 5.41 Å². The normalized spacial score (nSPS) is 19.2. The molecule has 19 heavy (non-hydrogen) atoms. The van der Waals surface area contributed by atoms with E-state index in [0.29, 0.717) is 13.2 Å². The van der Waals surface area contributed by atoms with Crippen LogP contribution in [-0.4, -0.2) is 53.9 Å². The van der Waals surface area contributed by atoms with E-state index >= 15 is 0 Å². The minimum absolute atomic E-state index is 0.0837. The largest absolute Gasteiger partial charge is 0.396 e. The molecule has 0 aromatic heterocycles. The summed E-state index contributed by atoms with van der Waals surface area (Å²) in [7, 11) is 1.12. The van der Waals surface area contributed by atoms with Gasteiger partial charge in [0.1, 0.15) is 0 Å². The van der Waals surface area contributed by atoms with Gasteiger partial charge in [0.25, 0.3) is 0 Å². The summed E-state index contributed by atoms with van der Waals surface area (Å²) in [6.45, 7) is 3.09. The predicted octanol–water partition coefficient (Wildman–Crippen LogP) is 0.865. The van der Waals surface area contributed by atoms with Crippen molar-refractivity contribution < 1.29 is 14.1 Å². The minimum Gasteiger partial charge on any atom is -0.396 e. The van der Waals surface area contributed by atoms with Crippen LogP contribution in [0.15, 0.2) is 29.2 Å². The molecule has 1 aromatic rings. The molecule has 1 N–H and O–H groups in total. The number of nitrogens with zero attached hydrogens (tertiary/aromatic N) is 1. The molecule has 1 aromatic carbocycles. The van der Waals surface area contributed by atoms with E-state index in [0.717, 1.165) is 18.0 Å². The van der Waals surface area contributed by atoms with Crippen LogP contribution < -0.4 is 0 Å². The van der Waals surface area contributed by atoms with E-state index < -0.39 is 10.8 Å². The zero-order chi connectivity index (χ0) is 13.9. The smallest absolute Gasteiger partial charge is 0.0579 e. The number of benzene rings is 1. The molecule has 0 spiro atoms. The lowest BCUT2D eigenvalue weighted by Gasteiger charge is -2.42. The molecule has 2 rings (SSSR count). The first kappa shape index (κ1) is 14.7. The monoisotopic (exact) mass is 283 g/mol. The molecule has 5 heteroatoms. The van der Waals surface area contributed by atoms with Crippen LogP contribution in [0, 0.1) is 5.41 Å². The summed E-state index contributed by atoms with van der Waals surface area (Å²) in [5.74, 6) is 0. The molecular weight excluding hydrogens is 262 g/mol. The summed E-state index contributed by atoms with van der Waals surface area (Å²) >= 11 is 0. The van der Waals surface area contributed by atoms with E-state index in [1.807, 2.05) is 31.3 Å². The summed E-state index contributed by atoms with van der Waals surface area (Å²) in [4.78, 5) is 3.04. The van der Waals surface area contributed by atoms with Gasteiger partial charge in [0.2, 0.25) is 0 Å². The molecule has 0 radical (unpaired) electrons. The molecule has 0 bridgehead atoms. The number of hydrogen-bond acceptors (Lipinski definition) is 4. The molecule has 1 atom stereocenters. The first-order valence-electron chi connectivity index (χ1n) is 6.34. The van der Waals surface area contributed by atoms with Gasteiger partial charge in [0.15, 0.2) is 0 Å². The predicted molar refractivity (Wildman–Crippen MR) is 75.4 cm³/mol. The maximum Gasteiger partial charge on any atom is 0.0579 e. The molecule has 0 saturated carbocycles. The molecule has 1 aliphatic heterocycles. The van der Waals surface area contributed by atoms with Gasteiger partial charge in [-0.05, 0) is 24.7 Å². The third-order valence-corrected chi connectivity index (χ3v) is 4.40. The van der Waals surface area contributed by atoms with Crippen LogP contribution in [0.25, 0.3) is 0 Å².